The molecule has 0 radical (unpaired) electrons. The van der Waals surface area contributed by atoms with Crippen LogP contribution >= 0.6 is 23.2 Å². The summed E-state index contributed by atoms with van der Waals surface area (Å²) in [6.07, 6.45) is 0. The number of ketones is 1. The van der Waals surface area contributed by atoms with Crippen LogP contribution < -0.4 is 19.6 Å². The molecule has 3 aliphatic rings. The van der Waals surface area contributed by atoms with Crippen LogP contribution in [0, 0.1) is 0 Å². The molecule has 7 rings (SSSR count). The van der Waals surface area contributed by atoms with E-state index in [1.54, 1.807) is 78.7 Å². The van der Waals surface area contributed by atoms with Crippen LogP contribution in [-0.4, -0.2) is 67.7 Å². The molecule has 0 fully saturated rings. The van der Waals surface area contributed by atoms with Crippen molar-refractivity contribution in [3.63, 3.8) is 0 Å². The minimum atomic E-state index is -1.89. The number of hydrogen-bond acceptors (Lipinski definition) is 6. The fourth-order valence-corrected chi connectivity index (χ4v) is 7.63. The summed E-state index contributed by atoms with van der Waals surface area (Å²) in [7, 11) is 3.01. The van der Waals surface area contributed by atoms with E-state index in [0.29, 0.717) is 41.3 Å². The minimum absolute atomic E-state index is 0.0305. The normalized spacial score (nSPS) is 18.7. The van der Waals surface area contributed by atoms with Gasteiger partial charge in [0.05, 0.1) is 27.0 Å². The number of halogens is 2. The first-order valence-corrected chi connectivity index (χ1v) is 16.8. The molecule has 260 valence electrons. The van der Waals surface area contributed by atoms with E-state index >= 15 is 0 Å². The van der Waals surface area contributed by atoms with Crippen LogP contribution in [0.25, 0.3) is 0 Å². The summed E-state index contributed by atoms with van der Waals surface area (Å²) < 4.78 is 0. The molecule has 1 N–H and O–H groups in total. The number of fused-ring (bicyclic) bond motifs is 4. The van der Waals surface area contributed by atoms with Crippen molar-refractivity contribution in [1.29, 1.82) is 0 Å². The zero-order valence-corrected chi connectivity index (χ0v) is 29.5. The van der Waals surface area contributed by atoms with Crippen LogP contribution in [0.5, 0.6) is 0 Å². The average molecular weight is 728 g/mol. The second kappa shape index (κ2) is 13.3. The molecule has 3 aliphatic heterocycles. The molecule has 0 saturated carbocycles. The monoisotopic (exact) mass is 726 g/mol. The number of amides is 4. The van der Waals surface area contributed by atoms with Gasteiger partial charge in [-0.1, -0.05) is 71.7 Å². The summed E-state index contributed by atoms with van der Waals surface area (Å²) in [6.45, 7) is 4.47. The number of hydrogen-bond donors (Lipinski definition) is 1. The Hall–Kier alpha value is -5.52. The molecule has 0 saturated heterocycles. The predicted octanol–water partition coefficient (Wildman–Crippen LogP) is 5.95. The average Bonchev–Trinajstić information content (AvgIpc) is 3.55. The third-order valence-electron chi connectivity index (χ3n) is 9.54. The van der Waals surface area contributed by atoms with Crippen LogP contribution in [0.2, 0.25) is 10.0 Å². The van der Waals surface area contributed by atoms with Gasteiger partial charge < -0.3 is 24.7 Å². The number of carbonyl (C=O) groups is 6. The lowest BCUT2D eigenvalue weighted by atomic mass is 9.71. The highest BCUT2D eigenvalue weighted by atomic mass is 35.5. The van der Waals surface area contributed by atoms with Gasteiger partial charge >= 0.3 is 5.97 Å². The standard InChI is InChI=1S/C19H17ClN2O4.C19H15ClN2O3/c1-3-22-13-9-5-4-7-11(13)15(18(22)24)17(23)21(2)14-10-6-8-12(20)16(14)19(25)26;1-3-22-13-9-5-4-7-11(13)19(18(22)25)16(23)15-12(20)8-6-10-14(15)21(2)17(19)24/h4-10,15H,3H2,1-2H3,(H,25,26);4-10H,3H2,1-2H3/t;19-/m.0/s1. The molecular weight excluding hydrogens is 695 g/mol. The highest BCUT2D eigenvalue weighted by Gasteiger charge is 2.65. The Bertz CT molecular complexity index is 2170. The Labute approximate surface area is 303 Å². The third kappa shape index (κ3) is 5.18. The van der Waals surface area contributed by atoms with E-state index in [0.717, 1.165) is 0 Å². The summed E-state index contributed by atoms with van der Waals surface area (Å²) in [5.41, 5.74) is 1.08. The summed E-state index contributed by atoms with van der Waals surface area (Å²) in [5, 5.41) is 9.70. The zero-order chi connectivity index (χ0) is 36.9. The number of anilines is 4. The first-order chi connectivity index (χ1) is 24.3. The van der Waals surface area contributed by atoms with Gasteiger partial charge in [-0.05, 0) is 55.8 Å². The number of carboxylic acids is 1. The number of para-hydroxylation sites is 2. The Kier molecular flexibility index (Phi) is 9.22. The van der Waals surface area contributed by atoms with E-state index in [1.807, 2.05) is 19.9 Å². The van der Waals surface area contributed by atoms with Crippen molar-refractivity contribution < 1.29 is 33.9 Å². The molecule has 4 aromatic carbocycles. The quantitative estimate of drug-likeness (QED) is 0.251. The van der Waals surface area contributed by atoms with Crippen LogP contribution in [0.4, 0.5) is 22.7 Å². The van der Waals surface area contributed by atoms with Gasteiger partial charge in [0.1, 0.15) is 11.5 Å². The number of nitrogens with zero attached hydrogens (tertiary/aromatic N) is 4. The van der Waals surface area contributed by atoms with Gasteiger partial charge in [0, 0.05) is 44.1 Å². The molecule has 51 heavy (non-hydrogen) atoms. The molecule has 1 spiro atoms. The molecule has 0 aliphatic carbocycles. The lowest BCUT2D eigenvalue weighted by molar-refractivity contribution is -0.132. The summed E-state index contributed by atoms with van der Waals surface area (Å²) in [4.78, 5) is 83.1. The van der Waals surface area contributed by atoms with E-state index in [2.05, 4.69) is 0 Å². The molecular formula is C38H32Cl2N4O7. The van der Waals surface area contributed by atoms with Crippen molar-refractivity contribution in [1.82, 2.24) is 0 Å². The number of Topliss-reactive ketones (excluding diaryl/α,β-unsaturated/α-hetero) is 1. The minimum Gasteiger partial charge on any atom is -0.478 e. The summed E-state index contributed by atoms with van der Waals surface area (Å²) >= 11 is 12.3. The summed E-state index contributed by atoms with van der Waals surface area (Å²) in [5.74, 6) is -4.66. The van der Waals surface area contributed by atoms with E-state index in [-0.39, 0.29) is 32.8 Å². The first-order valence-electron chi connectivity index (χ1n) is 16.1. The number of carbonyl (C=O) groups excluding carboxylic acids is 5. The molecule has 1 unspecified atom stereocenters. The topological polar surface area (TPSA) is 136 Å². The van der Waals surface area contributed by atoms with E-state index in [9.17, 15) is 33.9 Å². The van der Waals surface area contributed by atoms with Crippen LogP contribution in [0.3, 0.4) is 0 Å². The van der Waals surface area contributed by atoms with Crippen LogP contribution in [-0.2, 0) is 24.6 Å². The maximum absolute atomic E-state index is 13.5. The highest BCUT2D eigenvalue weighted by Crippen LogP contribution is 2.50. The predicted molar refractivity (Wildman–Crippen MR) is 194 cm³/mol. The van der Waals surface area contributed by atoms with Gasteiger partial charge in [-0.15, -0.1) is 0 Å². The Morgan fingerprint density at radius 1 is 0.765 bits per heavy atom. The molecule has 0 bridgehead atoms. The van der Waals surface area contributed by atoms with Crippen LogP contribution in [0.15, 0.2) is 84.9 Å². The Morgan fingerprint density at radius 3 is 2.02 bits per heavy atom. The number of rotatable bonds is 5. The molecule has 3 heterocycles. The highest BCUT2D eigenvalue weighted by molar-refractivity contribution is 6.47. The van der Waals surface area contributed by atoms with Gasteiger partial charge in [-0.25, -0.2) is 4.79 Å². The molecule has 2 atom stereocenters. The van der Waals surface area contributed by atoms with E-state index in [4.69, 9.17) is 23.2 Å². The van der Waals surface area contributed by atoms with Gasteiger partial charge in [0.15, 0.2) is 5.78 Å². The fraction of sp³-hybridized carbons (Fsp3) is 0.211. The first kappa shape index (κ1) is 35.3. The van der Waals surface area contributed by atoms with Crippen molar-refractivity contribution in [2.24, 2.45) is 0 Å². The molecule has 4 amide bonds. The molecule has 0 aromatic heterocycles. The maximum Gasteiger partial charge on any atom is 0.339 e. The number of carboxylic acid groups (broad SMARTS) is 1. The van der Waals surface area contributed by atoms with Crippen molar-refractivity contribution >= 4 is 81.3 Å². The summed E-state index contributed by atoms with van der Waals surface area (Å²) in [6, 6.07) is 23.5. The second-order valence-corrected chi connectivity index (χ2v) is 12.9. The molecule has 4 aromatic rings. The second-order valence-electron chi connectivity index (χ2n) is 12.1. The fourth-order valence-electron chi connectivity index (χ4n) is 7.12. The van der Waals surface area contributed by atoms with Gasteiger partial charge in [0.25, 0.3) is 11.8 Å². The van der Waals surface area contributed by atoms with Crippen molar-refractivity contribution in [3.05, 3.63) is 117 Å². The lowest BCUT2D eigenvalue weighted by Crippen LogP contribution is -2.59. The van der Waals surface area contributed by atoms with Gasteiger partial charge in [0.2, 0.25) is 17.2 Å². The van der Waals surface area contributed by atoms with E-state index in [1.165, 1.54) is 33.9 Å². The third-order valence-corrected chi connectivity index (χ3v) is 10.2. The van der Waals surface area contributed by atoms with Gasteiger partial charge in [-0.2, -0.15) is 0 Å². The molecule has 11 nitrogen and oxygen atoms in total. The number of likely N-dealkylation sites (N-methyl/N-ethyl adjacent to an activating group) is 4. The largest absolute Gasteiger partial charge is 0.478 e. The zero-order valence-electron chi connectivity index (χ0n) is 28.0. The smallest absolute Gasteiger partial charge is 0.339 e. The van der Waals surface area contributed by atoms with Crippen molar-refractivity contribution in [3.8, 4) is 0 Å². The number of aromatic carboxylic acids is 1. The van der Waals surface area contributed by atoms with Crippen molar-refractivity contribution in [2.75, 3.05) is 46.8 Å². The lowest BCUT2D eigenvalue weighted by Gasteiger charge is -2.36. The number of benzene rings is 4. The van der Waals surface area contributed by atoms with E-state index < -0.39 is 40.8 Å². The maximum atomic E-state index is 13.5. The molecule has 13 heteroatoms. The SMILES string of the molecule is CCN1C(=O)C(C(=O)N(C)c2cccc(Cl)c2C(=O)O)c2ccccc21.CCN1C(=O)[C@]2(C(=O)c3c(Cl)cccc3N(C)C2=O)c2ccccc21. The van der Waals surface area contributed by atoms with Crippen molar-refractivity contribution in [2.45, 2.75) is 25.2 Å². The Balaban J connectivity index is 0.000000176. The Morgan fingerprint density at radius 2 is 1.35 bits per heavy atom. The van der Waals surface area contributed by atoms with Crippen LogP contribution in [0.1, 0.15) is 51.6 Å². The van der Waals surface area contributed by atoms with Gasteiger partial charge in [-0.3, -0.25) is 24.0 Å².